The highest BCUT2D eigenvalue weighted by Gasteiger charge is 2.25. The smallest absolute Gasteiger partial charge is 0.101 e. The first-order valence-corrected chi connectivity index (χ1v) is 22.2. The fraction of sp³-hybridized carbons (Fsp3) is 0. The quantitative estimate of drug-likeness (QED) is 0.160. The van der Waals surface area contributed by atoms with Crippen LogP contribution in [0.2, 0.25) is 0 Å². The van der Waals surface area contributed by atoms with E-state index in [0.717, 1.165) is 82.5 Å². The highest BCUT2D eigenvalue weighted by Crippen LogP contribution is 2.45. The number of rotatable bonds is 6. The number of benzene rings is 9. The first kappa shape index (κ1) is 40.6. The number of anilines is 3. The zero-order valence-corrected chi connectivity index (χ0v) is 36.8. The Balaban J connectivity index is 1.16. The van der Waals surface area contributed by atoms with Gasteiger partial charge in [0.15, 0.2) is 0 Å². The van der Waals surface area contributed by atoms with Gasteiger partial charge in [-0.3, -0.25) is 0 Å². The number of fused-ring (bicyclic) bond motifs is 9. The molecule has 0 N–H and O–H groups in total. The van der Waals surface area contributed by atoms with Crippen LogP contribution in [0.1, 0.15) is 33.4 Å². The molecule has 3 aromatic heterocycles. The highest BCUT2D eigenvalue weighted by molar-refractivity contribution is 6.14. The summed E-state index contributed by atoms with van der Waals surface area (Å²) in [7, 11) is 0. The van der Waals surface area contributed by atoms with Crippen molar-refractivity contribution in [1.29, 1.82) is 31.6 Å². The molecule has 0 aliphatic rings. The van der Waals surface area contributed by atoms with Crippen LogP contribution in [0.25, 0.3) is 82.5 Å². The van der Waals surface area contributed by atoms with Crippen LogP contribution in [0.5, 0.6) is 0 Å². The number of hydrogen-bond donors (Lipinski definition) is 0. The Morgan fingerprint density at radius 2 is 0.500 bits per heavy atom. The molecule has 0 atom stereocenters. The molecule has 10 heteroatoms. The molecular weight excluding hydrogens is 861 g/mol. The highest BCUT2D eigenvalue weighted by atomic mass is 15.1. The second-order valence-corrected chi connectivity index (χ2v) is 16.8. The van der Waals surface area contributed by atoms with E-state index in [9.17, 15) is 31.6 Å². The molecule has 12 rings (SSSR count). The maximum absolute atomic E-state index is 10.3. The van der Waals surface area contributed by atoms with Crippen LogP contribution < -0.4 is 4.90 Å². The molecule has 10 nitrogen and oxygen atoms in total. The summed E-state index contributed by atoms with van der Waals surface area (Å²) < 4.78 is 6.00. The van der Waals surface area contributed by atoms with Crippen molar-refractivity contribution >= 4 is 82.5 Å². The molecule has 0 amide bonds. The summed E-state index contributed by atoms with van der Waals surface area (Å²) >= 11 is 0. The van der Waals surface area contributed by atoms with E-state index in [1.54, 1.807) is 54.6 Å². The molecule has 0 fully saturated rings. The van der Waals surface area contributed by atoms with Gasteiger partial charge in [0, 0.05) is 49.4 Å². The van der Waals surface area contributed by atoms with E-state index in [4.69, 9.17) is 0 Å². The Bertz CT molecular complexity index is 3960. The lowest BCUT2D eigenvalue weighted by atomic mass is 10.1. The number of nitrogens with zero attached hydrogens (tertiary/aromatic N) is 10. The maximum Gasteiger partial charge on any atom is 0.101 e. The summed E-state index contributed by atoms with van der Waals surface area (Å²) in [6.07, 6.45) is 0. The Morgan fingerprint density at radius 1 is 0.257 bits per heavy atom. The fourth-order valence-corrected chi connectivity index (χ4v) is 10.4. The number of nitriles is 6. The minimum atomic E-state index is 0.380. The molecule has 0 aliphatic heterocycles. The van der Waals surface area contributed by atoms with Gasteiger partial charge in [0.25, 0.3) is 0 Å². The Morgan fingerprint density at radius 3 is 0.757 bits per heavy atom. The number of hydrogen-bond acceptors (Lipinski definition) is 7. The molecule has 70 heavy (non-hydrogen) atoms. The normalized spacial score (nSPS) is 11.1. The van der Waals surface area contributed by atoms with Crippen LogP contribution in [-0.4, -0.2) is 13.7 Å². The summed E-state index contributed by atoms with van der Waals surface area (Å²) in [6, 6.07) is 72.1. The van der Waals surface area contributed by atoms with Crippen molar-refractivity contribution in [2.24, 2.45) is 0 Å². The lowest BCUT2D eigenvalue weighted by Crippen LogP contribution is -2.10. The summed E-state index contributed by atoms with van der Waals surface area (Å²) in [5, 5.41) is 67.5. The predicted molar refractivity (Wildman–Crippen MR) is 272 cm³/mol. The van der Waals surface area contributed by atoms with E-state index in [0.29, 0.717) is 50.4 Å². The van der Waals surface area contributed by atoms with Crippen LogP contribution in [0.15, 0.2) is 182 Å². The second kappa shape index (κ2) is 15.9. The largest absolute Gasteiger partial charge is 0.310 e. The van der Waals surface area contributed by atoms with Gasteiger partial charge in [0.05, 0.1) is 83.5 Å². The van der Waals surface area contributed by atoms with Gasteiger partial charge in [-0.25, -0.2) is 0 Å². The molecule has 0 aliphatic carbocycles. The maximum atomic E-state index is 10.3. The SMILES string of the molecule is N#Cc1cccc(C#N)c1-n1c2ccccc2c2cc(N(c3ccc4c(c3)c3ccccc3n4-c3c(C#N)cccc3C#N)c3ccc4c(c3)c3ccccc3n4-c3c(C#N)cccc3C#N)ccc21. The zero-order valence-electron chi connectivity index (χ0n) is 36.8. The molecule has 0 spiro atoms. The van der Waals surface area contributed by atoms with Crippen molar-refractivity contribution in [3.05, 3.63) is 215 Å². The molecular formula is C60H30N10. The van der Waals surface area contributed by atoms with Gasteiger partial charge in [0.1, 0.15) is 36.4 Å². The Kier molecular flexibility index (Phi) is 9.24. The minimum Gasteiger partial charge on any atom is -0.310 e. The van der Waals surface area contributed by atoms with Crippen molar-refractivity contribution < 1.29 is 0 Å². The van der Waals surface area contributed by atoms with Crippen LogP contribution in [-0.2, 0) is 0 Å². The van der Waals surface area contributed by atoms with Crippen LogP contribution in [0.3, 0.4) is 0 Å². The predicted octanol–water partition coefficient (Wildman–Crippen LogP) is 13.7. The van der Waals surface area contributed by atoms with Crippen LogP contribution >= 0.6 is 0 Å². The van der Waals surface area contributed by atoms with E-state index in [1.165, 1.54) is 0 Å². The van der Waals surface area contributed by atoms with Crippen molar-refractivity contribution in [3.8, 4) is 53.5 Å². The minimum absolute atomic E-state index is 0.380. The summed E-state index contributed by atoms with van der Waals surface area (Å²) in [4.78, 5) is 2.19. The molecule has 0 saturated heterocycles. The zero-order chi connectivity index (χ0) is 47.6. The monoisotopic (exact) mass is 890 g/mol. The standard InChI is InChI=1S/C60H30N10/c61-31-37-10-7-11-38(32-62)58(37)68-52-19-4-1-16-46(52)49-28-43(22-25-55(49)68)67(44-23-26-56-50(29-44)47-17-2-5-20-53(47)69(56)59-39(33-63)12-8-13-40(59)34-64)45-24-27-57-51(30-45)48-18-3-6-21-54(48)70(57)60-41(35-65)14-9-15-42(60)36-66/h1-30H. The third-order valence-electron chi connectivity index (χ3n) is 13.2. The first-order valence-electron chi connectivity index (χ1n) is 22.2. The average molecular weight is 891 g/mol. The van der Waals surface area contributed by atoms with E-state index < -0.39 is 0 Å². The average Bonchev–Trinajstić information content (AvgIpc) is 4.04. The van der Waals surface area contributed by atoms with Crippen LogP contribution in [0.4, 0.5) is 17.1 Å². The third-order valence-corrected chi connectivity index (χ3v) is 13.2. The van der Waals surface area contributed by atoms with Gasteiger partial charge >= 0.3 is 0 Å². The molecule has 0 bridgehead atoms. The molecule has 3 heterocycles. The molecule has 0 radical (unpaired) electrons. The van der Waals surface area contributed by atoms with Gasteiger partial charge in [0.2, 0.25) is 0 Å². The lowest BCUT2D eigenvalue weighted by molar-refractivity contribution is 1.15. The van der Waals surface area contributed by atoms with Crippen LogP contribution in [0, 0.1) is 68.0 Å². The second-order valence-electron chi connectivity index (χ2n) is 16.8. The number of aromatic nitrogens is 3. The van der Waals surface area contributed by atoms with Crippen molar-refractivity contribution in [2.45, 2.75) is 0 Å². The summed E-state index contributed by atoms with van der Waals surface area (Å²) in [5.41, 5.74) is 11.3. The van der Waals surface area contributed by atoms with E-state index in [1.807, 2.05) is 123 Å². The summed E-state index contributed by atoms with van der Waals surface area (Å²) in [6.45, 7) is 0. The molecule has 0 saturated carbocycles. The molecule has 12 aromatic rings. The van der Waals surface area contributed by atoms with Crippen molar-refractivity contribution in [2.75, 3.05) is 4.90 Å². The van der Waals surface area contributed by atoms with E-state index in [2.05, 4.69) is 59.5 Å². The van der Waals surface area contributed by atoms with Gasteiger partial charge in [-0.05, 0) is 109 Å². The lowest BCUT2D eigenvalue weighted by Gasteiger charge is -2.26. The molecule has 9 aromatic carbocycles. The van der Waals surface area contributed by atoms with Crippen molar-refractivity contribution in [3.63, 3.8) is 0 Å². The molecule has 320 valence electrons. The van der Waals surface area contributed by atoms with E-state index in [-0.39, 0.29) is 0 Å². The van der Waals surface area contributed by atoms with Gasteiger partial charge in [-0.1, -0.05) is 72.8 Å². The van der Waals surface area contributed by atoms with Crippen molar-refractivity contribution in [1.82, 2.24) is 13.7 Å². The fourth-order valence-electron chi connectivity index (χ4n) is 10.4. The van der Waals surface area contributed by atoms with Gasteiger partial charge in [-0.2, -0.15) is 31.6 Å². The Hall–Kier alpha value is -10.9. The Labute approximate surface area is 399 Å². The van der Waals surface area contributed by atoms with E-state index >= 15 is 0 Å². The third kappa shape index (κ3) is 5.87. The molecule has 0 unspecified atom stereocenters. The number of para-hydroxylation sites is 6. The summed E-state index contributed by atoms with van der Waals surface area (Å²) in [5.74, 6) is 0. The van der Waals surface area contributed by atoms with Gasteiger partial charge in [-0.15, -0.1) is 0 Å². The van der Waals surface area contributed by atoms with Gasteiger partial charge < -0.3 is 18.6 Å². The topological polar surface area (TPSA) is 161 Å². The first-order chi connectivity index (χ1) is 34.5.